The van der Waals surface area contributed by atoms with Crippen LogP contribution in [0.5, 0.6) is 0 Å². The average Bonchev–Trinajstić information content (AvgIpc) is 2.57. The molecule has 1 saturated heterocycles. The maximum atomic E-state index is 13.4. The fourth-order valence-corrected chi connectivity index (χ4v) is 1.92. The van der Waals surface area contributed by atoms with E-state index in [2.05, 4.69) is 5.32 Å². The van der Waals surface area contributed by atoms with Gasteiger partial charge in [-0.15, -0.1) is 0 Å². The summed E-state index contributed by atoms with van der Waals surface area (Å²) in [6.45, 7) is 3.56. The van der Waals surface area contributed by atoms with E-state index in [1.54, 1.807) is 26.0 Å². The molecule has 1 fully saturated rings. The number of benzene rings is 1. The maximum Gasteiger partial charge on any atom is 0.324 e. The van der Waals surface area contributed by atoms with Gasteiger partial charge in [0.15, 0.2) is 0 Å². The number of nitrogens with one attached hydrogen (secondary N) is 1. The number of amides is 3. The largest absolute Gasteiger partial charge is 0.329 e. The summed E-state index contributed by atoms with van der Waals surface area (Å²) in [5.74, 6) is -0.499. The van der Waals surface area contributed by atoms with Gasteiger partial charge < -0.3 is 5.32 Å². The molecule has 0 saturated carbocycles. The summed E-state index contributed by atoms with van der Waals surface area (Å²) in [6, 6.07) is 2.91. The fraction of sp³-hybridized carbons (Fsp3) is 0.333. The maximum absolute atomic E-state index is 13.4. The molecule has 0 unspecified atom stereocenters. The summed E-state index contributed by atoms with van der Waals surface area (Å²) in [6.07, 6.45) is 0. The molecule has 0 bridgehead atoms. The zero-order chi connectivity index (χ0) is 12.6. The molecular formula is C12H13FN2O2. The quantitative estimate of drug-likeness (QED) is 0.791. The van der Waals surface area contributed by atoms with Crippen LogP contribution >= 0.6 is 0 Å². The summed E-state index contributed by atoms with van der Waals surface area (Å²) >= 11 is 0. The summed E-state index contributed by atoms with van der Waals surface area (Å²) in [5, 5.41) is 2.44. The van der Waals surface area contributed by atoms with Gasteiger partial charge in [0.25, 0.3) is 0 Å². The van der Waals surface area contributed by atoms with Crippen LogP contribution in [0.2, 0.25) is 0 Å². The lowest BCUT2D eigenvalue weighted by molar-refractivity contribution is -0.125. The Balaban J connectivity index is 2.25. The lowest BCUT2D eigenvalue weighted by Gasteiger charge is -2.13. The molecule has 0 aromatic heterocycles. The van der Waals surface area contributed by atoms with Gasteiger partial charge in [0.2, 0.25) is 5.91 Å². The third-order valence-corrected chi connectivity index (χ3v) is 2.77. The summed E-state index contributed by atoms with van der Waals surface area (Å²) in [7, 11) is 0. The van der Waals surface area contributed by atoms with E-state index in [0.29, 0.717) is 11.1 Å². The number of nitrogens with zero attached hydrogens (tertiary/aromatic N) is 1. The van der Waals surface area contributed by atoms with Crippen molar-refractivity contribution in [2.24, 2.45) is 0 Å². The zero-order valence-electron chi connectivity index (χ0n) is 9.71. The Morgan fingerprint density at radius 3 is 2.35 bits per heavy atom. The Kier molecular flexibility index (Phi) is 2.83. The third kappa shape index (κ3) is 2.13. The second kappa shape index (κ2) is 4.16. The number of rotatable bonds is 2. The third-order valence-electron chi connectivity index (χ3n) is 2.77. The van der Waals surface area contributed by atoms with Gasteiger partial charge in [0, 0.05) is 0 Å². The van der Waals surface area contributed by atoms with E-state index in [1.807, 2.05) is 0 Å². The van der Waals surface area contributed by atoms with Crippen LogP contribution in [0, 0.1) is 19.7 Å². The topological polar surface area (TPSA) is 49.4 Å². The van der Waals surface area contributed by atoms with Crippen LogP contribution in [0.3, 0.4) is 0 Å². The van der Waals surface area contributed by atoms with Crippen molar-refractivity contribution in [2.75, 3.05) is 6.54 Å². The molecule has 1 aromatic carbocycles. The zero-order valence-corrected chi connectivity index (χ0v) is 9.71. The first-order chi connectivity index (χ1) is 7.99. The Labute approximate surface area is 98.4 Å². The molecule has 90 valence electrons. The standard InChI is InChI=1S/C12H13FN2O2/c1-7-3-9(4-8(2)11(7)13)6-15-10(16)5-14-12(15)17/h3-4H,5-6H2,1-2H3,(H,14,17). The second-order valence-corrected chi connectivity index (χ2v) is 4.18. The van der Waals surface area contributed by atoms with Crippen molar-refractivity contribution >= 4 is 11.9 Å². The fourth-order valence-electron chi connectivity index (χ4n) is 1.92. The molecule has 0 atom stereocenters. The van der Waals surface area contributed by atoms with Crippen molar-refractivity contribution in [3.63, 3.8) is 0 Å². The number of carbonyl (C=O) groups excluding carboxylic acids is 2. The molecule has 1 aliphatic heterocycles. The molecule has 17 heavy (non-hydrogen) atoms. The van der Waals surface area contributed by atoms with Crippen LogP contribution < -0.4 is 5.32 Å². The van der Waals surface area contributed by atoms with Crippen LogP contribution in [0.25, 0.3) is 0 Å². The Morgan fingerprint density at radius 2 is 1.88 bits per heavy atom. The molecule has 0 aliphatic carbocycles. The van der Waals surface area contributed by atoms with E-state index in [4.69, 9.17) is 0 Å². The van der Waals surface area contributed by atoms with Gasteiger partial charge in [-0.3, -0.25) is 9.69 Å². The van der Waals surface area contributed by atoms with Gasteiger partial charge in [-0.05, 0) is 30.5 Å². The van der Waals surface area contributed by atoms with E-state index in [1.165, 1.54) is 0 Å². The minimum Gasteiger partial charge on any atom is -0.329 e. The summed E-state index contributed by atoms with van der Waals surface area (Å²) < 4.78 is 13.4. The molecule has 0 spiro atoms. The first-order valence-electron chi connectivity index (χ1n) is 5.33. The normalized spacial score (nSPS) is 15.4. The minimum atomic E-state index is -0.394. The summed E-state index contributed by atoms with van der Waals surface area (Å²) in [4.78, 5) is 23.9. The van der Waals surface area contributed by atoms with Crippen LogP contribution in [0.4, 0.5) is 9.18 Å². The van der Waals surface area contributed by atoms with Gasteiger partial charge in [0.1, 0.15) is 5.82 Å². The molecule has 1 N–H and O–H groups in total. The van der Waals surface area contributed by atoms with E-state index in [9.17, 15) is 14.0 Å². The van der Waals surface area contributed by atoms with Crippen LogP contribution in [0.15, 0.2) is 12.1 Å². The molecule has 4 nitrogen and oxygen atoms in total. The molecule has 3 amide bonds. The Morgan fingerprint density at radius 1 is 1.29 bits per heavy atom. The van der Waals surface area contributed by atoms with Crippen LogP contribution in [0.1, 0.15) is 16.7 Å². The van der Waals surface area contributed by atoms with E-state index >= 15 is 0 Å². The Bertz CT molecular complexity index is 460. The monoisotopic (exact) mass is 236 g/mol. The minimum absolute atomic E-state index is 0.0397. The number of halogens is 1. The van der Waals surface area contributed by atoms with Crippen molar-refractivity contribution in [1.29, 1.82) is 0 Å². The van der Waals surface area contributed by atoms with Crippen LogP contribution in [-0.4, -0.2) is 23.4 Å². The van der Waals surface area contributed by atoms with Gasteiger partial charge in [-0.1, -0.05) is 12.1 Å². The van der Waals surface area contributed by atoms with Crippen molar-refractivity contribution in [2.45, 2.75) is 20.4 Å². The Hall–Kier alpha value is -1.91. The molecule has 2 rings (SSSR count). The molecule has 5 heteroatoms. The van der Waals surface area contributed by atoms with Crippen molar-refractivity contribution < 1.29 is 14.0 Å². The van der Waals surface area contributed by atoms with Crippen molar-refractivity contribution in [3.8, 4) is 0 Å². The second-order valence-electron chi connectivity index (χ2n) is 4.18. The number of carbonyl (C=O) groups is 2. The first-order valence-corrected chi connectivity index (χ1v) is 5.33. The van der Waals surface area contributed by atoms with Gasteiger partial charge in [0.05, 0.1) is 13.1 Å². The van der Waals surface area contributed by atoms with Crippen LogP contribution in [-0.2, 0) is 11.3 Å². The predicted octanol–water partition coefficient (Wildman–Crippen LogP) is 1.49. The van der Waals surface area contributed by atoms with E-state index in [-0.39, 0.29) is 24.8 Å². The highest BCUT2D eigenvalue weighted by molar-refractivity contribution is 6.01. The van der Waals surface area contributed by atoms with Gasteiger partial charge in [-0.25, -0.2) is 9.18 Å². The number of urea groups is 1. The van der Waals surface area contributed by atoms with Gasteiger partial charge >= 0.3 is 6.03 Å². The smallest absolute Gasteiger partial charge is 0.324 e. The van der Waals surface area contributed by atoms with E-state index in [0.717, 1.165) is 10.5 Å². The number of hydrogen-bond donors (Lipinski definition) is 1. The number of imide groups is 1. The van der Waals surface area contributed by atoms with E-state index < -0.39 is 6.03 Å². The molecular weight excluding hydrogens is 223 g/mol. The van der Waals surface area contributed by atoms with Crippen molar-refractivity contribution in [1.82, 2.24) is 10.2 Å². The van der Waals surface area contributed by atoms with Crippen molar-refractivity contribution in [3.05, 3.63) is 34.6 Å². The lowest BCUT2D eigenvalue weighted by Crippen LogP contribution is -2.30. The highest BCUT2D eigenvalue weighted by Crippen LogP contribution is 2.17. The number of hydrogen-bond acceptors (Lipinski definition) is 2. The van der Waals surface area contributed by atoms with Gasteiger partial charge in [-0.2, -0.15) is 0 Å². The predicted molar refractivity (Wildman–Crippen MR) is 59.8 cm³/mol. The lowest BCUT2D eigenvalue weighted by atomic mass is 10.1. The molecule has 1 aromatic rings. The highest BCUT2D eigenvalue weighted by Gasteiger charge is 2.28. The average molecular weight is 236 g/mol. The highest BCUT2D eigenvalue weighted by atomic mass is 19.1. The summed E-state index contributed by atoms with van der Waals surface area (Å²) in [5.41, 5.74) is 1.80. The number of aryl methyl sites for hydroxylation is 2. The molecule has 1 aliphatic rings. The first kappa shape index (κ1) is 11.6. The SMILES string of the molecule is Cc1cc(CN2C(=O)CNC2=O)cc(C)c1F. The molecule has 0 radical (unpaired) electrons. The molecule has 1 heterocycles.